The topological polar surface area (TPSA) is 41.1 Å². The van der Waals surface area contributed by atoms with Gasteiger partial charge < -0.3 is 10.2 Å². The van der Waals surface area contributed by atoms with Crippen molar-refractivity contribution in [3.05, 3.63) is 22.8 Å². The highest BCUT2D eigenvalue weighted by Crippen LogP contribution is 2.20. The van der Waals surface area contributed by atoms with Crippen LogP contribution in [-0.2, 0) is 13.1 Å². The second kappa shape index (κ2) is 5.10. The van der Waals surface area contributed by atoms with Crippen molar-refractivity contribution in [3.63, 3.8) is 0 Å². The Morgan fingerprint density at radius 3 is 2.24 bits per heavy atom. The summed E-state index contributed by atoms with van der Waals surface area (Å²) in [4.78, 5) is 11.3. The second-order valence-electron chi connectivity index (χ2n) is 5.18. The Balaban J connectivity index is 2.09. The minimum atomic E-state index is 0.732. The summed E-state index contributed by atoms with van der Waals surface area (Å²) in [5, 5.41) is 3.52. The summed E-state index contributed by atoms with van der Waals surface area (Å²) in [6.45, 7) is 5.87. The van der Waals surface area contributed by atoms with Gasteiger partial charge in [0.1, 0.15) is 5.82 Å². The van der Waals surface area contributed by atoms with Crippen LogP contribution in [-0.4, -0.2) is 35.0 Å². The first-order valence-corrected chi connectivity index (χ1v) is 6.27. The third-order valence-electron chi connectivity index (χ3n) is 3.07. The van der Waals surface area contributed by atoms with Crippen molar-refractivity contribution in [1.29, 1.82) is 0 Å². The molecule has 94 valence electrons. The van der Waals surface area contributed by atoms with Gasteiger partial charge in [0.15, 0.2) is 0 Å². The maximum absolute atomic E-state index is 4.58. The van der Waals surface area contributed by atoms with Crippen molar-refractivity contribution < 1.29 is 0 Å². The average Bonchev–Trinajstić information content (AvgIpc) is 2.98. The third kappa shape index (κ3) is 3.48. The fourth-order valence-corrected chi connectivity index (χ4v) is 1.95. The van der Waals surface area contributed by atoms with E-state index < -0.39 is 0 Å². The molecular weight excluding hydrogens is 212 g/mol. The summed E-state index contributed by atoms with van der Waals surface area (Å²) in [5.74, 6) is 0.917. The van der Waals surface area contributed by atoms with Gasteiger partial charge in [-0.1, -0.05) is 0 Å². The number of hydrogen-bond donors (Lipinski definition) is 1. The van der Waals surface area contributed by atoms with Crippen LogP contribution in [0.2, 0.25) is 0 Å². The van der Waals surface area contributed by atoms with E-state index in [0.717, 1.165) is 36.3 Å². The summed E-state index contributed by atoms with van der Waals surface area (Å²) in [7, 11) is 4.08. The lowest BCUT2D eigenvalue weighted by atomic mass is 10.1. The van der Waals surface area contributed by atoms with Crippen LogP contribution in [0.4, 0.5) is 0 Å². The molecule has 0 bridgehead atoms. The highest BCUT2D eigenvalue weighted by Gasteiger charge is 2.21. The van der Waals surface area contributed by atoms with E-state index in [0.29, 0.717) is 0 Å². The largest absolute Gasteiger partial charge is 0.310 e. The molecule has 1 fully saturated rings. The first kappa shape index (κ1) is 12.5. The van der Waals surface area contributed by atoms with E-state index in [1.807, 2.05) is 14.1 Å². The molecule has 0 unspecified atom stereocenters. The molecule has 0 saturated heterocycles. The molecule has 1 aromatic heterocycles. The number of aromatic nitrogens is 2. The van der Waals surface area contributed by atoms with Crippen molar-refractivity contribution in [3.8, 4) is 0 Å². The minimum Gasteiger partial charge on any atom is -0.310 e. The molecule has 2 rings (SSSR count). The van der Waals surface area contributed by atoms with Gasteiger partial charge in [-0.05, 0) is 40.8 Å². The molecule has 1 N–H and O–H groups in total. The standard InChI is InChI=1S/C13H22N4/c1-9-12(7-14-11-5-6-11)10(2)16-13(15-9)8-17(3)4/h11,14H,5-8H2,1-4H3. The van der Waals surface area contributed by atoms with E-state index in [1.165, 1.54) is 18.4 Å². The van der Waals surface area contributed by atoms with E-state index in [4.69, 9.17) is 0 Å². The van der Waals surface area contributed by atoms with Gasteiger partial charge in [0.2, 0.25) is 0 Å². The van der Waals surface area contributed by atoms with Crippen molar-refractivity contribution in [2.24, 2.45) is 0 Å². The quantitative estimate of drug-likeness (QED) is 0.836. The Labute approximate surface area is 103 Å². The highest BCUT2D eigenvalue weighted by atomic mass is 15.1. The fourth-order valence-electron chi connectivity index (χ4n) is 1.95. The molecule has 4 heteroatoms. The van der Waals surface area contributed by atoms with E-state index in [2.05, 4.69) is 34.0 Å². The van der Waals surface area contributed by atoms with Gasteiger partial charge in [-0.3, -0.25) is 0 Å². The Morgan fingerprint density at radius 1 is 1.18 bits per heavy atom. The molecule has 0 aliphatic heterocycles. The van der Waals surface area contributed by atoms with E-state index >= 15 is 0 Å². The van der Waals surface area contributed by atoms with Crippen LogP contribution in [0.3, 0.4) is 0 Å². The monoisotopic (exact) mass is 234 g/mol. The summed E-state index contributed by atoms with van der Waals surface area (Å²) in [6, 6.07) is 0.732. The van der Waals surface area contributed by atoms with Gasteiger partial charge in [0.25, 0.3) is 0 Å². The Kier molecular flexibility index (Phi) is 3.74. The molecule has 1 saturated carbocycles. The van der Waals surface area contributed by atoms with Crippen molar-refractivity contribution in [2.45, 2.75) is 45.8 Å². The number of hydrogen-bond acceptors (Lipinski definition) is 4. The molecule has 0 aromatic carbocycles. The van der Waals surface area contributed by atoms with Gasteiger partial charge in [0, 0.05) is 29.5 Å². The lowest BCUT2D eigenvalue weighted by Gasteiger charge is -2.13. The Bertz CT molecular complexity index is 373. The summed E-state index contributed by atoms with van der Waals surface area (Å²) in [5.41, 5.74) is 3.49. The van der Waals surface area contributed by atoms with Crippen LogP contribution >= 0.6 is 0 Å². The lowest BCUT2D eigenvalue weighted by Crippen LogP contribution is -2.20. The smallest absolute Gasteiger partial charge is 0.142 e. The number of nitrogens with one attached hydrogen (secondary N) is 1. The zero-order valence-electron chi connectivity index (χ0n) is 11.2. The second-order valence-corrected chi connectivity index (χ2v) is 5.18. The number of rotatable bonds is 5. The van der Waals surface area contributed by atoms with Crippen LogP contribution in [0.5, 0.6) is 0 Å². The molecule has 0 atom stereocenters. The molecule has 0 amide bonds. The van der Waals surface area contributed by atoms with Gasteiger partial charge >= 0.3 is 0 Å². The molecule has 1 aromatic rings. The van der Waals surface area contributed by atoms with Crippen molar-refractivity contribution >= 4 is 0 Å². The van der Waals surface area contributed by atoms with E-state index in [-0.39, 0.29) is 0 Å². The van der Waals surface area contributed by atoms with E-state index in [1.54, 1.807) is 0 Å². The first-order chi connectivity index (χ1) is 8.06. The van der Waals surface area contributed by atoms with Crippen molar-refractivity contribution in [2.75, 3.05) is 14.1 Å². The van der Waals surface area contributed by atoms with Gasteiger partial charge in [-0.15, -0.1) is 0 Å². The SMILES string of the molecule is Cc1nc(CN(C)C)nc(C)c1CNC1CC1. The predicted molar refractivity (Wildman–Crippen MR) is 68.8 cm³/mol. The van der Waals surface area contributed by atoms with Crippen LogP contribution in [0.25, 0.3) is 0 Å². The first-order valence-electron chi connectivity index (χ1n) is 6.27. The zero-order valence-corrected chi connectivity index (χ0v) is 11.2. The fraction of sp³-hybridized carbons (Fsp3) is 0.692. The molecule has 4 nitrogen and oxygen atoms in total. The molecule has 0 radical (unpaired) electrons. The van der Waals surface area contributed by atoms with Gasteiger partial charge in [0.05, 0.1) is 6.54 Å². The van der Waals surface area contributed by atoms with Crippen LogP contribution in [0.1, 0.15) is 35.6 Å². The molecule has 1 heterocycles. The van der Waals surface area contributed by atoms with E-state index in [9.17, 15) is 0 Å². The third-order valence-corrected chi connectivity index (χ3v) is 3.07. The van der Waals surface area contributed by atoms with Crippen LogP contribution in [0.15, 0.2) is 0 Å². The minimum absolute atomic E-state index is 0.732. The predicted octanol–water partition coefficient (Wildman–Crippen LogP) is 1.41. The molecule has 0 spiro atoms. The molecule has 1 aliphatic rings. The van der Waals surface area contributed by atoms with Crippen molar-refractivity contribution in [1.82, 2.24) is 20.2 Å². The summed E-state index contributed by atoms with van der Waals surface area (Å²) in [6.07, 6.45) is 2.63. The normalized spacial score (nSPS) is 15.6. The average molecular weight is 234 g/mol. The molecule has 1 aliphatic carbocycles. The lowest BCUT2D eigenvalue weighted by molar-refractivity contribution is 0.389. The van der Waals surface area contributed by atoms with Gasteiger partial charge in [-0.25, -0.2) is 9.97 Å². The van der Waals surface area contributed by atoms with Gasteiger partial charge in [-0.2, -0.15) is 0 Å². The Morgan fingerprint density at radius 2 is 1.76 bits per heavy atom. The van der Waals surface area contributed by atoms with Crippen LogP contribution < -0.4 is 5.32 Å². The molecule has 17 heavy (non-hydrogen) atoms. The number of aryl methyl sites for hydroxylation is 2. The highest BCUT2D eigenvalue weighted by molar-refractivity contribution is 5.24. The zero-order chi connectivity index (χ0) is 12.4. The molecular formula is C13H22N4. The Hall–Kier alpha value is -1.00. The van der Waals surface area contributed by atoms with Crippen LogP contribution in [0, 0.1) is 13.8 Å². The summed E-state index contributed by atoms with van der Waals surface area (Å²) >= 11 is 0. The summed E-state index contributed by atoms with van der Waals surface area (Å²) < 4.78 is 0. The number of nitrogens with zero attached hydrogens (tertiary/aromatic N) is 3. The maximum atomic E-state index is 4.58. The maximum Gasteiger partial charge on any atom is 0.142 e.